The van der Waals surface area contributed by atoms with Crippen molar-refractivity contribution >= 4 is 10.0 Å². The standard InChI is InChI=1S/C18H23NO3S/c1-22-18-12-6-5-11-17(18)13-14-19-23(20,21)15-7-10-16-8-3-2-4-9-16/h2-6,8-9,11-12,19H,7,10,13-15H2,1H3. The number of hydrogen-bond acceptors (Lipinski definition) is 3. The van der Waals surface area contributed by atoms with Gasteiger partial charge in [0.05, 0.1) is 12.9 Å². The zero-order valence-corrected chi connectivity index (χ0v) is 14.2. The summed E-state index contributed by atoms with van der Waals surface area (Å²) in [4.78, 5) is 0. The van der Waals surface area contributed by atoms with Crippen LogP contribution >= 0.6 is 0 Å². The lowest BCUT2D eigenvalue weighted by atomic mass is 10.1. The average molecular weight is 333 g/mol. The minimum Gasteiger partial charge on any atom is -0.496 e. The Hall–Kier alpha value is -1.85. The van der Waals surface area contributed by atoms with Crippen molar-refractivity contribution in [2.45, 2.75) is 19.3 Å². The minimum atomic E-state index is -3.23. The number of para-hydroxylation sites is 1. The molecule has 2 aromatic carbocycles. The van der Waals surface area contributed by atoms with Crippen LogP contribution in [0.2, 0.25) is 0 Å². The second kappa shape index (κ2) is 8.70. The zero-order chi connectivity index (χ0) is 16.5. The number of ether oxygens (including phenoxy) is 1. The number of methoxy groups -OCH3 is 1. The van der Waals surface area contributed by atoms with Crippen LogP contribution in [0.15, 0.2) is 54.6 Å². The lowest BCUT2D eigenvalue weighted by Gasteiger charge is -2.09. The van der Waals surface area contributed by atoms with Gasteiger partial charge in [-0.3, -0.25) is 0 Å². The highest BCUT2D eigenvalue weighted by molar-refractivity contribution is 7.89. The smallest absolute Gasteiger partial charge is 0.211 e. The van der Waals surface area contributed by atoms with E-state index >= 15 is 0 Å². The molecule has 2 rings (SSSR count). The van der Waals surface area contributed by atoms with Crippen LogP contribution < -0.4 is 9.46 Å². The molecule has 124 valence electrons. The molecule has 0 aromatic heterocycles. The molecule has 0 heterocycles. The SMILES string of the molecule is COc1ccccc1CCNS(=O)(=O)CCCc1ccccc1. The maximum atomic E-state index is 12.0. The summed E-state index contributed by atoms with van der Waals surface area (Å²) < 4.78 is 32.0. The molecule has 0 unspecified atom stereocenters. The van der Waals surface area contributed by atoms with Gasteiger partial charge in [-0.25, -0.2) is 13.1 Å². The Balaban J connectivity index is 1.75. The fourth-order valence-corrected chi connectivity index (χ4v) is 3.52. The highest BCUT2D eigenvalue weighted by atomic mass is 32.2. The zero-order valence-electron chi connectivity index (χ0n) is 13.4. The van der Waals surface area contributed by atoms with E-state index in [4.69, 9.17) is 4.74 Å². The van der Waals surface area contributed by atoms with Crippen LogP contribution in [0.25, 0.3) is 0 Å². The van der Waals surface area contributed by atoms with Gasteiger partial charge in [-0.15, -0.1) is 0 Å². The van der Waals surface area contributed by atoms with Crippen LogP contribution in [0.3, 0.4) is 0 Å². The number of rotatable bonds is 9. The van der Waals surface area contributed by atoms with Gasteiger partial charge in [0, 0.05) is 6.54 Å². The molecule has 0 aliphatic carbocycles. The fourth-order valence-electron chi connectivity index (χ4n) is 2.43. The van der Waals surface area contributed by atoms with Crippen LogP contribution in [-0.4, -0.2) is 27.8 Å². The van der Waals surface area contributed by atoms with Crippen molar-refractivity contribution in [3.05, 3.63) is 65.7 Å². The largest absolute Gasteiger partial charge is 0.496 e. The first-order valence-electron chi connectivity index (χ1n) is 7.74. The molecule has 5 heteroatoms. The number of nitrogens with one attached hydrogen (secondary N) is 1. The van der Waals surface area contributed by atoms with Crippen molar-refractivity contribution in [1.82, 2.24) is 4.72 Å². The fraction of sp³-hybridized carbons (Fsp3) is 0.333. The van der Waals surface area contributed by atoms with Gasteiger partial charge in [-0.05, 0) is 36.5 Å². The van der Waals surface area contributed by atoms with Gasteiger partial charge in [0.15, 0.2) is 0 Å². The van der Waals surface area contributed by atoms with Gasteiger partial charge in [-0.1, -0.05) is 48.5 Å². The topological polar surface area (TPSA) is 55.4 Å². The number of aryl methyl sites for hydroxylation is 1. The molecule has 0 spiro atoms. The second-order valence-corrected chi connectivity index (χ2v) is 7.29. The van der Waals surface area contributed by atoms with Crippen molar-refractivity contribution in [2.75, 3.05) is 19.4 Å². The van der Waals surface area contributed by atoms with E-state index in [-0.39, 0.29) is 5.75 Å². The van der Waals surface area contributed by atoms with E-state index in [0.717, 1.165) is 23.3 Å². The monoisotopic (exact) mass is 333 g/mol. The Bertz CT molecular complexity index is 699. The third-order valence-corrected chi connectivity index (χ3v) is 5.10. The summed E-state index contributed by atoms with van der Waals surface area (Å²) in [5, 5.41) is 0. The molecule has 0 fully saturated rings. The Morgan fingerprint density at radius 2 is 1.65 bits per heavy atom. The quantitative estimate of drug-likeness (QED) is 0.768. The molecule has 0 aliphatic rings. The van der Waals surface area contributed by atoms with Gasteiger partial charge in [0.2, 0.25) is 10.0 Å². The Morgan fingerprint density at radius 3 is 2.39 bits per heavy atom. The van der Waals surface area contributed by atoms with Crippen molar-refractivity contribution in [2.24, 2.45) is 0 Å². The number of sulfonamides is 1. The molecule has 0 saturated carbocycles. The van der Waals surface area contributed by atoms with E-state index < -0.39 is 10.0 Å². The number of benzene rings is 2. The van der Waals surface area contributed by atoms with Crippen molar-refractivity contribution in [1.29, 1.82) is 0 Å². The summed E-state index contributed by atoms with van der Waals surface area (Å²) in [6, 6.07) is 17.6. The predicted octanol–water partition coefficient (Wildman–Crippen LogP) is 2.79. The predicted molar refractivity (Wildman–Crippen MR) is 93.3 cm³/mol. The van der Waals surface area contributed by atoms with Crippen molar-refractivity contribution in [3.8, 4) is 5.75 Å². The summed E-state index contributed by atoms with van der Waals surface area (Å²) in [7, 11) is -1.61. The highest BCUT2D eigenvalue weighted by Crippen LogP contribution is 2.17. The Labute approximate surface area is 138 Å². The van der Waals surface area contributed by atoms with E-state index in [1.54, 1.807) is 7.11 Å². The summed E-state index contributed by atoms with van der Waals surface area (Å²) in [5.74, 6) is 0.934. The van der Waals surface area contributed by atoms with Gasteiger partial charge in [-0.2, -0.15) is 0 Å². The van der Waals surface area contributed by atoms with Gasteiger partial charge >= 0.3 is 0 Å². The molecular formula is C18H23NO3S. The molecule has 0 bridgehead atoms. The van der Waals surface area contributed by atoms with Crippen molar-refractivity contribution < 1.29 is 13.2 Å². The molecule has 1 N–H and O–H groups in total. The third-order valence-electron chi connectivity index (χ3n) is 3.63. The van der Waals surface area contributed by atoms with E-state index in [0.29, 0.717) is 19.4 Å². The summed E-state index contributed by atoms with van der Waals surface area (Å²) in [6.45, 7) is 0.383. The van der Waals surface area contributed by atoms with Gasteiger partial charge < -0.3 is 4.74 Å². The number of hydrogen-bond donors (Lipinski definition) is 1. The van der Waals surface area contributed by atoms with Gasteiger partial charge in [0.1, 0.15) is 5.75 Å². The van der Waals surface area contributed by atoms with Crippen LogP contribution in [0.4, 0.5) is 0 Å². The van der Waals surface area contributed by atoms with E-state index in [1.165, 1.54) is 0 Å². The highest BCUT2D eigenvalue weighted by Gasteiger charge is 2.10. The molecule has 23 heavy (non-hydrogen) atoms. The van der Waals surface area contributed by atoms with Crippen LogP contribution in [0.1, 0.15) is 17.5 Å². The molecule has 0 atom stereocenters. The normalized spacial score (nSPS) is 11.3. The molecule has 0 amide bonds. The second-order valence-electron chi connectivity index (χ2n) is 5.36. The lowest BCUT2D eigenvalue weighted by molar-refractivity contribution is 0.409. The third kappa shape index (κ3) is 6.04. The first kappa shape index (κ1) is 17.5. The molecule has 0 saturated heterocycles. The van der Waals surface area contributed by atoms with E-state index in [2.05, 4.69) is 4.72 Å². The van der Waals surface area contributed by atoms with E-state index in [1.807, 2.05) is 54.6 Å². The molecule has 4 nitrogen and oxygen atoms in total. The van der Waals surface area contributed by atoms with Crippen molar-refractivity contribution in [3.63, 3.8) is 0 Å². The molecule has 0 aliphatic heterocycles. The first-order chi connectivity index (χ1) is 11.1. The Kier molecular flexibility index (Phi) is 6.62. The lowest BCUT2D eigenvalue weighted by Crippen LogP contribution is -2.28. The van der Waals surface area contributed by atoms with Gasteiger partial charge in [0.25, 0.3) is 0 Å². The summed E-state index contributed by atoms with van der Waals surface area (Å²) in [5.41, 5.74) is 2.17. The average Bonchev–Trinajstić information content (AvgIpc) is 2.56. The maximum absolute atomic E-state index is 12.0. The summed E-state index contributed by atoms with van der Waals surface area (Å²) in [6.07, 6.45) is 2.00. The molecule has 2 aromatic rings. The molecule has 0 radical (unpaired) electrons. The van der Waals surface area contributed by atoms with Crippen LogP contribution in [-0.2, 0) is 22.9 Å². The van der Waals surface area contributed by atoms with Crippen LogP contribution in [0, 0.1) is 0 Å². The van der Waals surface area contributed by atoms with Crippen LogP contribution in [0.5, 0.6) is 5.75 Å². The minimum absolute atomic E-state index is 0.147. The Morgan fingerprint density at radius 1 is 0.957 bits per heavy atom. The molecular weight excluding hydrogens is 310 g/mol. The van der Waals surface area contributed by atoms with E-state index in [9.17, 15) is 8.42 Å². The first-order valence-corrected chi connectivity index (χ1v) is 9.39. The maximum Gasteiger partial charge on any atom is 0.211 e. The summed E-state index contributed by atoms with van der Waals surface area (Å²) >= 11 is 0.